The normalized spacial score (nSPS) is 15.3. The van der Waals surface area contributed by atoms with Crippen LogP contribution in [-0.2, 0) is 13.0 Å². The van der Waals surface area contributed by atoms with Crippen molar-refractivity contribution >= 4 is 32.5 Å². The second kappa shape index (κ2) is 8.09. The number of nitrogens with zero attached hydrogens (tertiary/aromatic N) is 2. The molecule has 1 aliphatic rings. The Labute approximate surface area is 189 Å². The maximum atomic E-state index is 10.6. The Morgan fingerprint density at radius 2 is 2.12 bits per heavy atom. The second-order valence-electron chi connectivity index (χ2n) is 8.25. The van der Waals surface area contributed by atoms with Crippen molar-refractivity contribution in [1.29, 1.82) is 0 Å². The van der Waals surface area contributed by atoms with E-state index in [-0.39, 0.29) is 6.61 Å². The van der Waals surface area contributed by atoms with Gasteiger partial charge in [-0.25, -0.2) is 0 Å². The highest BCUT2D eigenvalue weighted by Gasteiger charge is 2.22. The van der Waals surface area contributed by atoms with Gasteiger partial charge in [-0.2, -0.15) is 0 Å². The fraction of sp³-hybridized carbons (Fsp3) is 0.240. The fourth-order valence-corrected chi connectivity index (χ4v) is 5.36. The third-order valence-corrected chi connectivity index (χ3v) is 6.96. The van der Waals surface area contributed by atoms with Crippen LogP contribution in [0.4, 0.5) is 0 Å². The molecule has 0 spiro atoms. The predicted molar refractivity (Wildman–Crippen MR) is 126 cm³/mol. The minimum atomic E-state index is -0.569. The Morgan fingerprint density at radius 3 is 3.09 bits per heavy atom. The molecule has 6 nitrogen and oxygen atoms in total. The molecule has 0 saturated heterocycles. The average molecular weight is 446 g/mol. The Balaban J connectivity index is 1.09. The number of nitrogens with one attached hydrogen (secondary N) is 1. The van der Waals surface area contributed by atoms with Crippen molar-refractivity contribution in [2.75, 3.05) is 19.7 Å². The SMILES string of the molecule is O[C@@H](COc1cccc(-c2noc3ccsc23)c1)CN1CCc2c([nH]c3ccccc23)C1. The molecular formula is C25H23N3O3S. The van der Waals surface area contributed by atoms with E-state index < -0.39 is 6.10 Å². The van der Waals surface area contributed by atoms with E-state index >= 15 is 0 Å². The van der Waals surface area contributed by atoms with Crippen LogP contribution >= 0.6 is 11.3 Å². The zero-order valence-electron chi connectivity index (χ0n) is 17.5. The lowest BCUT2D eigenvalue weighted by atomic mass is 10.0. The predicted octanol–water partition coefficient (Wildman–Crippen LogP) is 4.84. The van der Waals surface area contributed by atoms with Gasteiger partial charge in [0, 0.05) is 41.8 Å². The number of benzene rings is 2. The van der Waals surface area contributed by atoms with Crippen LogP contribution < -0.4 is 4.74 Å². The molecule has 0 saturated carbocycles. The number of thiophene rings is 1. The lowest BCUT2D eigenvalue weighted by Crippen LogP contribution is -2.38. The van der Waals surface area contributed by atoms with Crippen LogP contribution in [0, 0.1) is 0 Å². The van der Waals surface area contributed by atoms with E-state index in [1.165, 1.54) is 22.2 Å². The quantitative estimate of drug-likeness (QED) is 0.391. The summed E-state index contributed by atoms with van der Waals surface area (Å²) in [5.41, 5.74) is 6.42. The van der Waals surface area contributed by atoms with Crippen LogP contribution in [0.5, 0.6) is 5.75 Å². The Kier molecular flexibility index (Phi) is 4.94. The van der Waals surface area contributed by atoms with Crippen molar-refractivity contribution in [2.45, 2.75) is 19.1 Å². The van der Waals surface area contributed by atoms with Crippen LogP contribution in [-0.4, -0.2) is 45.9 Å². The summed E-state index contributed by atoms with van der Waals surface area (Å²) >= 11 is 1.61. The van der Waals surface area contributed by atoms with Crippen molar-refractivity contribution in [3.05, 3.63) is 71.2 Å². The van der Waals surface area contributed by atoms with E-state index in [9.17, 15) is 5.11 Å². The molecule has 0 aliphatic carbocycles. The van der Waals surface area contributed by atoms with Crippen LogP contribution in [0.15, 0.2) is 64.5 Å². The van der Waals surface area contributed by atoms with E-state index in [2.05, 4.69) is 39.3 Å². The van der Waals surface area contributed by atoms with Crippen molar-refractivity contribution in [2.24, 2.45) is 0 Å². The topological polar surface area (TPSA) is 74.5 Å². The molecule has 2 aromatic carbocycles. The number of H-pyrrole nitrogens is 1. The third-order valence-electron chi connectivity index (χ3n) is 6.06. The molecule has 5 aromatic rings. The first kappa shape index (κ1) is 19.5. The van der Waals surface area contributed by atoms with Gasteiger partial charge in [-0.3, -0.25) is 4.90 Å². The highest BCUT2D eigenvalue weighted by Crippen LogP contribution is 2.33. The van der Waals surface area contributed by atoms with Crippen molar-refractivity contribution < 1.29 is 14.4 Å². The summed E-state index contributed by atoms with van der Waals surface area (Å²) in [6.45, 7) is 2.57. The number of aromatic nitrogens is 2. The molecule has 7 heteroatoms. The lowest BCUT2D eigenvalue weighted by Gasteiger charge is -2.28. The highest BCUT2D eigenvalue weighted by molar-refractivity contribution is 7.17. The molecule has 0 bridgehead atoms. The number of β-amino-alcohol motifs (C(OH)–C–C–N with tert-alkyl or cyclic N) is 1. The number of ether oxygens (including phenoxy) is 1. The molecule has 0 unspecified atom stereocenters. The Morgan fingerprint density at radius 1 is 1.19 bits per heavy atom. The van der Waals surface area contributed by atoms with E-state index in [1.807, 2.05) is 35.7 Å². The van der Waals surface area contributed by atoms with Gasteiger partial charge >= 0.3 is 0 Å². The molecule has 1 aliphatic heterocycles. The summed E-state index contributed by atoms with van der Waals surface area (Å²) in [7, 11) is 0. The summed E-state index contributed by atoms with van der Waals surface area (Å²) in [5.74, 6) is 0.714. The fourth-order valence-electron chi connectivity index (χ4n) is 4.54. The summed E-state index contributed by atoms with van der Waals surface area (Å²) in [4.78, 5) is 5.82. The minimum absolute atomic E-state index is 0.243. The first-order chi connectivity index (χ1) is 15.7. The van der Waals surface area contributed by atoms with Gasteiger partial charge in [0.1, 0.15) is 28.9 Å². The molecule has 0 radical (unpaired) electrons. The van der Waals surface area contributed by atoms with E-state index in [0.29, 0.717) is 12.3 Å². The molecule has 1 atom stereocenters. The molecule has 0 fully saturated rings. The van der Waals surface area contributed by atoms with Gasteiger partial charge in [-0.05, 0) is 41.6 Å². The maximum absolute atomic E-state index is 10.6. The number of rotatable bonds is 6. The minimum Gasteiger partial charge on any atom is -0.491 e. The number of aromatic amines is 1. The van der Waals surface area contributed by atoms with Crippen LogP contribution in [0.1, 0.15) is 11.3 Å². The molecule has 4 heterocycles. The summed E-state index contributed by atoms with van der Waals surface area (Å²) in [6, 6.07) is 18.2. The number of hydrogen-bond acceptors (Lipinski definition) is 6. The van der Waals surface area contributed by atoms with Gasteiger partial charge in [0.15, 0.2) is 5.58 Å². The molecular weight excluding hydrogens is 422 g/mol. The maximum Gasteiger partial charge on any atom is 0.178 e. The summed E-state index contributed by atoms with van der Waals surface area (Å²) in [5, 5.41) is 18.1. The first-order valence-electron chi connectivity index (χ1n) is 10.8. The van der Waals surface area contributed by atoms with Gasteiger partial charge < -0.3 is 19.4 Å². The van der Waals surface area contributed by atoms with Gasteiger partial charge in [0.2, 0.25) is 0 Å². The monoisotopic (exact) mass is 445 g/mol. The van der Waals surface area contributed by atoms with Gasteiger partial charge in [-0.15, -0.1) is 11.3 Å². The number of para-hydroxylation sites is 1. The zero-order chi connectivity index (χ0) is 21.5. The van der Waals surface area contributed by atoms with E-state index in [1.54, 1.807) is 11.3 Å². The average Bonchev–Trinajstić information content (AvgIpc) is 3.52. The largest absolute Gasteiger partial charge is 0.491 e. The number of fused-ring (bicyclic) bond motifs is 4. The second-order valence-corrected chi connectivity index (χ2v) is 9.17. The van der Waals surface area contributed by atoms with E-state index in [0.717, 1.165) is 41.1 Å². The third kappa shape index (κ3) is 3.58. The van der Waals surface area contributed by atoms with Crippen molar-refractivity contribution in [3.8, 4) is 17.0 Å². The van der Waals surface area contributed by atoms with Gasteiger partial charge in [-0.1, -0.05) is 35.5 Å². The Hall–Kier alpha value is -3.13. The van der Waals surface area contributed by atoms with E-state index in [4.69, 9.17) is 9.26 Å². The number of hydrogen-bond donors (Lipinski definition) is 2. The molecule has 0 amide bonds. The molecule has 2 N–H and O–H groups in total. The van der Waals surface area contributed by atoms with Crippen LogP contribution in [0.2, 0.25) is 0 Å². The zero-order valence-corrected chi connectivity index (χ0v) is 18.3. The summed E-state index contributed by atoms with van der Waals surface area (Å²) in [6.07, 6.45) is 0.421. The molecule has 162 valence electrons. The number of aliphatic hydroxyl groups is 1. The first-order valence-corrected chi connectivity index (χ1v) is 11.7. The number of aliphatic hydroxyl groups excluding tert-OH is 1. The standard InChI is InChI=1S/C25H23N3O3S/c29-17(13-28-10-8-20-19-6-1-2-7-21(19)26-22(20)14-28)15-30-18-5-3-4-16(12-18)24-25-23(31-27-24)9-11-32-25/h1-7,9,11-12,17,26,29H,8,10,13-15H2/t17-/m1/s1. The highest BCUT2D eigenvalue weighted by atomic mass is 32.1. The molecule has 3 aromatic heterocycles. The van der Waals surface area contributed by atoms with Crippen molar-refractivity contribution in [3.63, 3.8) is 0 Å². The molecule has 32 heavy (non-hydrogen) atoms. The van der Waals surface area contributed by atoms with Crippen LogP contribution in [0.25, 0.3) is 32.4 Å². The van der Waals surface area contributed by atoms with Gasteiger partial charge in [0.25, 0.3) is 0 Å². The van der Waals surface area contributed by atoms with Crippen LogP contribution in [0.3, 0.4) is 0 Å². The molecule has 6 rings (SSSR count). The lowest BCUT2D eigenvalue weighted by molar-refractivity contribution is 0.0635. The summed E-state index contributed by atoms with van der Waals surface area (Å²) < 4.78 is 12.3. The van der Waals surface area contributed by atoms with Crippen molar-refractivity contribution in [1.82, 2.24) is 15.0 Å². The van der Waals surface area contributed by atoms with Gasteiger partial charge in [0.05, 0.1) is 0 Å². The Bertz CT molecular complexity index is 1390. The smallest absolute Gasteiger partial charge is 0.178 e.